The highest BCUT2D eigenvalue weighted by Crippen LogP contribution is 2.52. The van der Waals surface area contributed by atoms with Crippen LogP contribution in [0.25, 0.3) is 11.2 Å². The molecule has 6 N–H and O–H groups in total. The quantitative estimate of drug-likeness (QED) is 0.269. The van der Waals surface area contributed by atoms with Gasteiger partial charge in [-0.05, 0) is 19.4 Å². The number of phosphoric ester groups is 1. The van der Waals surface area contributed by atoms with Crippen LogP contribution in [-0.4, -0.2) is 67.5 Å². The van der Waals surface area contributed by atoms with Crippen molar-refractivity contribution in [1.82, 2.24) is 19.5 Å². The molecule has 4 heterocycles. The lowest BCUT2D eigenvalue weighted by Crippen LogP contribution is -2.39. The highest BCUT2D eigenvalue weighted by molar-refractivity contribution is 7.47. The van der Waals surface area contributed by atoms with E-state index in [2.05, 4.69) is 20.3 Å². The Labute approximate surface area is 171 Å². The number of aromatic amines is 1. The first kappa shape index (κ1) is 21.4. The number of H-pyrrole nitrogens is 1. The van der Waals surface area contributed by atoms with Gasteiger partial charge in [0.15, 0.2) is 17.4 Å². The van der Waals surface area contributed by atoms with E-state index >= 15 is 0 Å². The van der Waals surface area contributed by atoms with Gasteiger partial charge in [-0.1, -0.05) is 12.8 Å². The van der Waals surface area contributed by atoms with Crippen LogP contribution in [0.5, 0.6) is 0 Å². The number of nitrogens with one attached hydrogen (secondary N) is 2. The first-order valence-corrected chi connectivity index (χ1v) is 11.3. The topological polar surface area (TPSA) is 187 Å². The largest absolute Gasteiger partial charge is 0.472 e. The Morgan fingerprint density at radius 3 is 2.97 bits per heavy atom. The van der Waals surface area contributed by atoms with E-state index in [-0.39, 0.29) is 23.7 Å². The van der Waals surface area contributed by atoms with Crippen LogP contribution in [-0.2, 0) is 18.3 Å². The van der Waals surface area contributed by atoms with Crippen molar-refractivity contribution in [1.29, 1.82) is 0 Å². The van der Waals surface area contributed by atoms with Crippen LogP contribution in [0.1, 0.15) is 31.9 Å². The van der Waals surface area contributed by atoms with E-state index < -0.39 is 37.9 Å². The maximum atomic E-state index is 12.4. The number of aliphatic hydroxyl groups excluding tert-OH is 1. The normalized spacial score (nSPS) is 31.2. The summed E-state index contributed by atoms with van der Waals surface area (Å²) >= 11 is 0. The molecule has 2 saturated heterocycles. The van der Waals surface area contributed by atoms with Gasteiger partial charge in [0, 0.05) is 6.54 Å². The number of imidazole rings is 1. The lowest BCUT2D eigenvalue weighted by atomic mass is 10.1. The minimum absolute atomic E-state index is 0.0826. The Morgan fingerprint density at radius 2 is 2.17 bits per heavy atom. The van der Waals surface area contributed by atoms with E-state index in [1.807, 2.05) is 0 Å². The van der Waals surface area contributed by atoms with E-state index in [0.717, 1.165) is 25.7 Å². The number of nitrogens with zero attached hydrogens (tertiary/aromatic N) is 3. The molecule has 0 amide bonds. The average Bonchev–Trinajstić information content (AvgIpc) is 3.25. The number of hydrogen-bond acceptors (Lipinski definition) is 10. The Hall–Kier alpha value is -1.86. The molecule has 2 aliphatic heterocycles. The summed E-state index contributed by atoms with van der Waals surface area (Å²) in [4.78, 5) is 33.0. The number of nitrogens with two attached hydrogens (primary N) is 1. The van der Waals surface area contributed by atoms with E-state index in [1.165, 1.54) is 10.9 Å². The summed E-state index contributed by atoms with van der Waals surface area (Å²) in [5, 5.41) is 13.7. The SMILES string of the molecule is NCCCCCCNc1nc2c(ncn2C2OC3COP(=O)(O)OC3C2O)c(=O)[nH]1. The maximum Gasteiger partial charge on any atom is 0.472 e. The molecule has 5 atom stereocenters. The minimum atomic E-state index is -4.24. The Kier molecular flexibility index (Phi) is 6.21. The van der Waals surface area contributed by atoms with E-state index in [1.54, 1.807) is 0 Å². The fourth-order valence-electron chi connectivity index (χ4n) is 3.59. The Balaban J connectivity index is 1.52. The molecule has 2 aliphatic rings. The van der Waals surface area contributed by atoms with Crippen LogP contribution in [0.15, 0.2) is 11.1 Å². The third kappa shape index (κ3) is 4.28. The molecule has 0 radical (unpaired) electrons. The Morgan fingerprint density at radius 1 is 1.37 bits per heavy atom. The molecule has 14 heteroatoms. The summed E-state index contributed by atoms with van der Waals surface area (Å²) in [5.41, 5.74) is 5.33. The maximum absolute atomic E-state index is 12.4. The highest BCUT2D eigenvalue weighted by Gasteiger charge is 2.52. The summed E-state index contributed by atoms with van der Waals surface area (Å²) in [5.74, 6) is 0.275. The zero-order chi connectivity index (χ0) is 21.3. The number of aromatic nitrogens is 4. The number of rotatable bonds is 8. The highest BCUT2D eigenvalue weighted by atomic mass is 31.2. The summed E-state index contributed by atoms with van der Waals surface area (Å²) in [6, 6.07) is 0. The van der Waals surface area contributed by atoms with Crippen LogP contribution in [0.2, 0.25) is 0 Å². The van der Waals surface area contributed by atoms with Gasteiger partial charge in [-0.3, -0.25) is 23.4 Å². The number of hydrogen-bond donors (Lipinski definition) is 5. The smallest absolute Gasteiger partial charge is 0.386 e. The third-order valence-electron chi connectivity index (χ3n) is 5.10. The second kappa shape index (κ2) is 8.71. The van der Waals surface area contributed by atoms with Gasteiger partial charge < -0.3 is 25.8 Å². The first-order valence-electron chi connectivity index (χ1n) is 9.79. The van der Waals surface area contributed by atoms with Gasteiger partial charge in [0.25, 0.3) is 5.56 Å². The van der Waals surface area contributed by atoms with Crippen molar-refractivity contribution in [3.63, 3.8) is 0 Å². The van der Waals surface area contributed by atoms with Gasteiger partial charge in [0.05, 0.1) is 12.9 Å². The fraction of sp³-hybridized carbons (Fsp3) is 0.688. The molecule has 4 rings (SSSR count). The molecule has 166 valence electrons. The standard InChI is InChI=1S/C16H25N6O7P/c17-5-3-1-2-4-6-18-16-20-13-10(14(24)21-16)19-8-22(13)15-11(23)12-9(28-15)7-27-30(25,26)29-12/h8-9,11-12,15,23H,1-7,17H2,(H,25,26)(H2,18,20,21,24). The molecule has 2 fully saturated rings. The molecule has 0 saturated carbocycles. The number of ether oxygens (including phenoxy) is 1. The molecule has 0 aromatic carbocycles. The van der Waals surface area contributed by atoms with Gasteiger partial charge in [0.1, 0.15) is 18.3 Å². The van der Waals surface area contributed by atoms with Crippen molar-refractivity contribution in [2.24, 2.45) is 5.73 Å². The first-order chi connectivity index (χ1) is 14.4. The summed E-state index contributed by atoms with van der Waals surface area (Å²) in [7, 11) is -4.24. The predicted octanol–water partition coefficient (Wildman–Crippen LogP) is -0.175. The molecule has 30 heavy (non-hydrogen) atoms. The van der Waals surface area contributed by atoms with Gasteiger partial charge in [0.2, 0.25) is 5.95 Å². The molecule has 13 nitrogen and oxygen atoms in total. The van der Waals surface area contributed by atoms with Crippen molar-refractivity contribution >= 4 is 24.9 Å². The minimum Gasteiger partial charge on any atom is -0.386 e. The van der Waals surface area contributed by atoms with Crippen LogP contribution < -0.4 is 16.6 Å². The van der Waals surface area contributed by atoms with Crippen molar-refractivity contribution in [3.8, 4) is 0 Å². The van der Waals surface area contributed by atoms with Crippen molar-refractivity contribution in [2.75, 3.05) is 25.0 Å². The molecule has 0 spiro atoms. The van der Waals surface area contributed by atoms with Crippen molar-refractivity contribution < 1.29 is 28.3 Å². The zero-order valence-corrected chi connectivity index (χ0v) is 17.0. The number of aliphatic hydroxyl groups is 1. The molecule has 0 aliphatic carbocycles. The van der Waals surface area contributed by atoms with E-state index in [4.69, 9.17) is 19.5 Å². The van der Waals surface area contributed by atoms with E-state index in [0.29, 0.717) is 13.1 Å². The number of unbranched alkanes of at least 4 members (excludes halogenated alkanes) is 3. The van der Waals surface area contributed by atoms with Gasteiger partial charge >= 0.3 is 7.82 Å². The van der Waals surface area contributed by atoms with Crippen LogP contribution >= 0.6 is 7.82 Å². The number of anilines is 1. The lowest BCUT2D eigenvalue weighted by molar-refractivity contribution is -0.0664. The molecular weight excluding hydrogens is 419 g/mol. The molecule has 0 bridgehead atoms. The molecule has 2 aromatic heterocycles. The van der Waals surface area contributed by atoms with Crippen molar-refractivity contribution in [3.05, 3.63) is 16.7 Å². The third-order valence-corrected chi connectivity index (χ3v) is 6.08. The van der Waals surface area contributed by atoms with Gasteiger partial charge in [-0.2, -0.15) is 4.98 Å². The van der Waals surface area contributed by atoms with Crippen LogP contribution in [0.4, 0.5) is 5.95 Å². The number of phosphoric acid groups is 1. The number of fused-ring (bicyclic) bond motifs is 2. The second-order valence-corrected chi connectivity index (χ2v) is 8.66. The van der Waals surface area contributed by atoms with Crippen LogP contribution in [0, 0.1) is 0 Å². The average molecular weight is 444 g/mol. The predicted molar refractivity (Wildman–Crippen MR) is 105 cm³/mol. The monoisotopic (exact) mass is 444 g/mol. The molecular formula is C16H25N6O7P. The summed E-state index contributed by atoms with van der Waals surface area (Å²) in [6.45, 7) is 1.09. The Bertz CT molecular complexity index is 996. The van der Waals surface area contributed by atoms with Crippen LogP contribution in [0.3, 0.4) is 0 Å². The lowest BCUT2D eigenvalue weighted by Gasteiger charge is -2.27. The molecule has 5 unspecified atom stereocenters. The summed E-state index contributed by atoms with van der Waals surface area (Å²) < 4.78 is 28.5. The molecule has 2 aromatic rings. The second-order valence-electron chi connectivity index (χ2n) is 7.26. The zero-order valence-electron chi connectivity index (χ0n) is 16.1. The van der Waals surface area contributed by atoms with E-state index in [9.17, 15) is 19.4 Å². The fourth-order valence-corrected chi connectivity index (χ4v) is 4.56. The summed E-state index contributed by atoms with van der Waals surface area (Å²) in [6.07, 6.45) is 1.17. The van der Waals surface area contributed by atoms with Gasteiger partial charge in [-0.25, -0.2) is 9.55 Å². The van der Waals surface area contributed by atoms with Gasteiger partial charge in [-0.15, -0.1) is 0 Å². The van der Waals surface area contributed by atoms with Crippen molar-refractivity contribution in [2.45, 2.75) is 50.2 Å².